The number of fused-ring (bicyclic) bond motifs is 1. The van der Waals surface area contributed by atoms with E-state index in [0.717, 1.165) is 47.3 Å². The first-order chi connectivity index (χ1) is 16.7. The molecular formula is C25H29Cl2N5O3. The molecule has 2 N–H and O–H groups in total. The molecule has 0 aliphatic carbocycles. The number of nitrogens with zero attached hydrogens (tertiary/aromatic N) is 4. The van der Waals surface area contributed by atoms with Crippen LogP contribution in [0.2, 0.25) is 10.2 Å². The maximum absolute atomic E-state index is 12.5. The van der Waals surface area contributed by atoms with E-state index in [9.17, 15) is 9.90 Å². The van der Waals surface area contributed by atoms with Crippen molar-refractivity contribution in [1.29, 1.82) is 0 Å². The number of ether oxygens (including phenoxy) is 1. The Morgan fingerprint density at radius 2 is 2.03 bits per heavy atom. The number of aromatic nitrogens is 3. The zero-order chi connectivity index (χ0) is 24.7. The van der Waals surface area contributed by atoms with Gasteiger partial charge in [-0.25, -0.2) is 4.98 Å². The van der Waals surface area contributed by atoms with E-state index in [4.69, 9.17) is 27.9 Å². The third kappa shape index (κ3) is 4.90. The van der Waals surface area contributed by atoms with Gasteiger partial charge in [0.2, 0.25) is 5.91 Å². The fourth-order valence-corrected chi connectivity index (χ4v) is 5.77. The van der Waals surface area contributed by atoms with Crippen LogP contribution in [0, 0.1) is 0 Å². The molecule has 8 nitrogen and oxygen atoms in total. The predicted molar refractivity (Wildman–Crippen MR) is 136 cm³/mol. The minimum absolute atomic E-state index is 0.121. The number of aryl methyl sites for hydroxylation is 1. The van der Waals surface area contributed by atoms with Crippen molar-refractivity contribution < 1.29 is 14.6 Å². The summed E-state index contributed by atoms with van der Waals surface area (Å²) >= 11 is 12.8. The maximum Gasteiger partial charge on any atom is 0.230 e. The molecule has 0 unspecified atom stereocenters. The summed E-state index contributed by atoms with van der Waals surface area (Å²) in [6.07, 6.45) is 5.02. The van der Waals surface area contributed by atoms with Crippen LogP contribution in [0.1, 0.15) is 36.8 Å². The molecule has 1 aromatic carbocycles. The molecule has 10 heteroatoms. The molecule has 2 fully saturated rings. The zero-order valence-corrected chi connectivity index (χ0v) is 21.3. The van der Waals surface area contributed by atoms with E-state index in [2.05, 4.69) is 33.3 Å². The van der Waals surface area contributed by atoms with Crippen molar-refractivity contribution in [3.05, 3.63) is 51.9 Å². The number of aliphatic hydroxyl groups excluding tert-OH is 1. The summed E-state index contributed by atoms with van der Waals surface area (Å²) in [5.41, 5.74) is 1.45. The summed E-state index contributed by atoms with van der Waals surface area (Å²) in [7, 11) is 1.76. The first kappa shape index (κ1) is 24.5. The highest BCUT2D eigenvalue weighted by Gasteiger charge is 2.45. The third-order valence-electron chi connectivity index (χ3n) is 7.35. The summed E-state index contributed by atoms with van der Waals surface area (Å²) in [6.45, 7) is 4.80. The molecule has 3 aromatic rings. The van der Waals surface area contributed by atoms with Crippen LogP contribution in [0.25, 0.3) is 10.8 Å². The fourth-order valence-electron chi connectivity index (χ4n) is 5.21. The molecule has 186 valence electrons. The molecule has 2 saturated heterocycles. The molecule has 2 aliphatic heterocycles. The van der Waals surface area contributed by atoms with Crippen LogP contribution < -0.4 is 5.32 Å². The second kappa shape index (κ2) is 9.67. The van der Waals surface area contributed by atoms with Gasteiger partial charge in [0.1, 0.15) is 5.82 Å². The Bertz CT molecular complexity index is 1260. The zero-order valence-electron chi connectivity index (χ0n) is 19.8. The third-order valence-corrected chi connectivity index (χ3v) is 8.00. The number of aliphatic hydroxyl groups is 1. The second-order valence-corrected chi connectivity index (χ2v) is 10.5. The van der Waals surface area contributed by atoms with E-state index in [1.165, 1.54) is 0 Å². The number of anilines is 1. The number of nitrogens with one attached hydrogen (secondary N) is 1. The van der Waals surface area contributed by atoms with E-state index < -0.39 is 6.10 Å². The molecular weight excluding hydrogens is 489 g/mol. The average molecular weight is 518 g/mol. The summed E-state index contributed by atoms with van der Waals surface area (Å²) in [4.78, 5) is 19.3. The maximum atomic E-state index is 12.5. The van der Waals surface area contributed by atoms with Crippen LogP contribution in [0.5, 0.6) is 0 Å². The molecule has 0 radical (unpaired) electrons. The van der Waals surface area contributed by atoms with Gasteiger partial charge in [-0.3, -0.25) is 14.4 Å². The predicted octanol–water partition coefficient (Wildman–Crippen LogP) is 3.79. The standard InChI is InChI=1S/C25H29Cl2N5O3/c1-25(14-35-13-21(25)33)32-5-3-15(4-6-32)19-7-16-9-22(28-11-17(16)8-20(19)26)29-23(34)10-18-12-31(2)30-24(18)27/h7-9,11-12,15,21,33H,3-6,10,13-14H2,1-2H3,(H,28,29,34)/t21-,25+/m0/s1. The van der Waals surface area contributed by atoms with Crippen LogP contribution in [0.4, 0.5) is 5.82 Å². The van der Waals surface area contributed by atoms with Gasteiger partial charge in [0.05, 0.1) is 31.3 Å². The van der Waals surface area contributed by atoms with Crippen molar-refractivity contribution in [2.75, 3.05) is 31.6 Å². The Morgan fingerprint density at radius 3 is 2.69 bits per heavy atom. The molecule has 2 aliphatic rings. The Labute approximate surface area is 214 Å². The van der Waals surface area contributed by atoms with Gasteiger partial charge < -0.3 is 15.2 Å². The number of carbonyl (C=O) groups is 1. The highest BCUT2D eigenvalue weighted by atomic mass is 35.5. The fraction of sp³-hybridized carbons (Fsp3) is 0.480. The van der Waals surface area contributed by atoms with E-state index in [-0.39, 0.29) is 17.9 Å². The van der Waals surface area contributed by atoms with Gasteiger partial charge >= 0.3 is 0 Å². The Morgan fingerprint density at radius 1 is 1.26 bits per heavy atom. The summed E-state index contributed by atoms with van der Waals surface area (Å²) in [5.74, 6) is 0.596. The Hall–Kier alpha value is -2.23. The van der Waals surface area contributed by atoms with Crippen molar-refractivity contribution in [3.63, 3.8) is 0 Å². The Balaban J connectivity index is 1.30. The van der Waals surface area contributed by atoms with Gasteiger partial charge in [0, 0.05) is 35.4 Å². The monoisotopic (exact) mass is 517 g/mol. The van der Waals surface area contributed by atoms with Gasteiger partial charge in [0.25, 0.3) is 0 Å². The first-order valence-corrected chi connectivity index (χ1v) is 12.6. The van der Waals surface area contributed by atoms with Crippen LogP contribution in [-0.4, -0.2) is 68.6 Å². The Kier molecular flexibility index (Phi) is 6.76. The van der Waals surface area contributed by atoms with Crippen molar-refractivity contribution in [2.45, 2.75) is 43.7 Å². The molecule has 5 rings (SSSR count). The van der Waals surface area contributed by atoms with Crippen LogP contribution in [0.15, 0.2) is 30.6 Å². The van der Waals surface area contributed by atoms with Gasteiger partial charge in [-0.1, -0.05) is 23.2 Å². The van der Waals surface area contributed by atoms with Crippen molar-refractivity contribution in [1.82, 2.24) is 19.7 Å². The lowest BCUT2D eigenvalue weighted by atomic mass is 9.85. The number of likely N-dealkylation sites (tertiary alicyclic amines) is 1. The molecule has 35 heavy (non-hydrogen) atoms. The van der Waals surface area contributed by atoms with Crippen molar-refractivity contribution in [3.8, 4) is 0 Å². The highest BCUT2D eigenvalue weighted by molar-refractivity contribution is 6.32. The molecule has 0 saturated carbocycles. The van der Waals surface area contributed by atoms with E-state index >= 15 is 0 Å². The molecule has 0 bridgehead atoms. The van der Waals surface area contributed by atoms with E-state index in [0.29, 0.717) is 35.7 Å². The number of hydrogen-bond acceptors (Lipinski definition) is 6. The van der Waals surface area contributed by atoms with Gasteiger partial charge in [-0.05, 0) is 67.9 Å². The number of piperidine rings is 1. The van der Waals surface area contributed by atoms with E-state index in [1.807, 2.05) is 12.1 Å². The molecule has 1 amide bonds. The van der Waals surface area contributed by atoms with Crippen molar-refractivity contribution >= 4 is 45.7 Å². The minimum atomic E-state index is -0.460. The lowest BCUT2D eigenvalue weighted by Crippen LogP contribution is -2.56. The molecule has 4 heterocycles. The van der Waals surface area contributed by atoms with Crippen molar-refractivity contribution in [2.24, 2.45) is 7.05 Å². The smallest absolute Gasteiger partial charge is 0.230 e. The number of benzene rings is 1. The number of halogens is 2. The topological polar surface area (TPSA) is 92.5 Å². The number of pyridine rings is 1. The van der Waals surface area contributed by atoms with Gasteiger partial charge in [-0.2, -0.15) is 5.10 Å². The largest absolute Gasteiger partial charge is 0.389 e. The summed E-state index contributed by atoms with van der Waals surface area (Å²) in [5, 5.41) is 20.3. The molecule has 0 spiro atoms. The number of rotatable bonds is 5. The lowest BCUT2D eigenvalue weighted by Gasteiger charge is -2.43. The first-order valence-electron chi connectivity index (χ1n) is 11.8. The normalized spacial score (nSPS) is 23.7. The minimum Gasteiger partial charge on any atom is -0.389 e. The van der Waals surface area contributed by atoms with Gasteiger partial charge in [-0.15, -0.1) is 0 Å². The lowest BCUT2D eigenvalue weighted by molar-refractivity contribution is -0.115. The summed E-state index contributed by atoms with van der Waals surface area (Å²) in [6, 6.07) is 5.94. The van der Waals surface area contributed by atoms with Crippen LogP contribution in [0.3, 0.4) is 0 Å². The number of hydrogen-bond donors (Lipinski definition) is 2. The molecule has 2 atom stereocenters. The average Bonchev–Trinajstić information content (AvgIpc) is 3.33. The van der Waals surface area contributed by atoms with Gasteiger partial charge in [0.15, 0.2) is 5.15 Å². The quantitative estimate of drug-likeness (QED) is 0.534. The number of amides is 1. The van der Waals surface area contributed by atoms with E-state index in [1.54, 1.807) is 24.1 Å². The summed E-state index contributed by atoms with van der Waals surface area (Å²) < 4.78 is 7.11. The SMILES string of the molecule is Cn1cc(CC(=O)Nc2cc3cc(C4CCN([C@]5(C)COC[C@@H]5O)CC4)c(Cl)cc3cn2)c(Cl)n1. The molecule has 2 aromatic heterocycles. The highest BCUT2D eigenvalue weighted by Crippen LogP contribution is 2.38. The van der Waals surface area contributed by atoms with Crippen LogP contribution >= 0.6 is 23.2 Å². The number of carbonyl (C=O) groups excluding carboxylic acids is 1. The van der Waals surface area contributed by atoms with Crippen LogP contribution in [-0.2, 0) is 23.0 Å². The second-order valence-electron chi connectivity index (χ2n) is 9.78.